The van der Waals surface area contributed by atoms with E-state index in [1.54, 1.807) is 42.5 Å². The Balaban J connectivity index is 1.72. The fraction of sp³-hybridized carbons (Fsp3) is 0.368. The van der Waals surface area contributed by atoms with Crippen LogP contribution in [-0.4, -0.2) is 31.5 Å². The molecule has 1 saturated carbocycles. The second-order valence-corrected chi connectivity index (χ2v) is 8.20. The normalized spacial score (nSPS) is 20.5. The van der Waals surface area contributed by atoms with Crippen molar-refractivity contribution in [3.05, 3.63) is 59.9 Å². The van der Waals surface area contributed by atoms with Crippen LogP contribution in [0, 0.1) is 6.92 Å². The molecule has 2 aromatic rings. The summed E-state index contributed by atoms with van der Waals surface area (Å²) in [5, 5.41) is 0. The Morgan fingerprint density at radius 2 is 1.85 bits per heavy atom. The number of esters is 1. The lowest BCUT2D eigenvalue weighted by Crippen LogP contribution is -2.47. The second kappa shape index (κ2) is 7.97. The Morgan fingerprint density at radius 1 is 1.12 bits per heavy atom. The first kappa shape index (κ1) is 18.5. The van der Waals surface area contributed by atoms with Crippen LogP contribution >= 0.6 is 0 Å². The van der Waals surface area contributed by atoms with E-state index in [2.05, 4.69) is 9.71 Å². The summed E-state index contributed by atoms with van der Waals surface area (Å²) in [4.78, 5) is 16.5. The molecular formula is C19H22N2O4S. The largest absolute Gasteiger partial charge is 0.456 e. The number of sulfonamides is 1. The zero-order valence-corrected chi connectivity index (χ0v) is 15.4. The maximum absolute atomic E-state index is 12.6. The minimum absolute atomic E-state index is 0.212. The van der Waals surface area contributed by atoms with Crippen LogP contribution < -0.4 is 4.72 Å². The molecule has 0 bridgehead atoms. The molecule has 2 atom stereocenters. The van der Waals surface area contributed by atoms with E-state index in [0.717, 1.165) is 18.4 Å². The average molecular weight is 374 g/mol. The summed E-state index contributed by atoms with van der Waals surface area (Å²) < 4.78 is 33.6. The molecular weight excluding hydrogens is 352 g/mol. The summed E-state index contributed by atoms with van der Waals surface area (Å²) in [7, 11) is -3.67. The van der Waals surface area contributed by atoms with Crippen molar-refractivity contribution in [1.29, 1.82) is 0 Å². The maximum atomic E-state index is 12.6. The Bertz CT molecular complexity index is 851. The highest BCUT2D eigenvalue weighted by atomic mass is 32.2. The molecule has 1 heterocycles. The first-order chi connectivity index (χ1) is 12.5. The van der Waals surface area contributed by atoms with Gasteiger partial charge in [0.1, 0.15) is 11.8 Å². The molecule has 0 aliphatic heterocycles. The van der Waals surface area contributed by atoms with Crippen molar-refractivity contribution in [3.63, 3.8) is 0 Å². The van der Waals surface area contributed by atoms with Crippen molar-refractivity contribution in [2.75, 3.05) is 0 Å². The number of hydrogen-bond donors (Lipinski definition) is 1. The van der Waals surface area contributed by atoms with Gasteiger partial charge in [0.15, 0.2) is 0 Å². The predicted molar refractivity (Wildman–Crippen MR) is 97.2 cm³/mol. The summed E-state index contributed by atoms with van der Waals surface area (Å²) in [5.41, 5.74) is 1.21. The van der Waals surface area contributed by atoms with Gasteiger partial charge in [-0.05, 0) is 50.5 Å². The van der Waals surface area contributed by atoms with E-state index in [0.29, 0.717) is 12.8 Å². The number of rotatable bonds is 5. The molecule has 1 N–H and O–H groups in total. The Morgan fingerprint density at radius 3 is 2.54 bits per heavy atom. The molecule has 3 rings (SSSR count). The zero-order valence-electron chi connectivity index (χ0n) is 14.6. The molecule has 1 aliphatic rings. The van der Waals surface area contributed by atoms with Gasteiger partial charge in [0, 0.05) is 6.20 Å². The number of carbonyl (C=O) groups excluding carboxylic acids is 1. The van der Waals surface area contributed by atoms with Crippen LogP contribution in [0.3, 0.4) is 0 Å². The number of aryl methyl sites for hydroxylation is 1. The molecule has 0 radical (unpaired) electrons. The first-order valence-corrected chi connectivity index (χ1v) is 10.1. The third kappa shape index (κ3) is 4.47. The zero-order chi connectivity index (χ0) is 18.6. The number of hydrogen-bond acceptors (Lipinski definition) is 5. The minimum Gasteiger partial charge on any atom is -0.456 e. The SMILES string of the molecule is Cc1ccc(S(=O)(=O)N[C@@H]2CCCC[C@H]2OC(=O)c2ccccn2)cc1. The number of aromatic nitrogens is 1. The van der Waals surface area contributed by atoms with Gasteiger partial charge in [0.05, 0.1) is 10.9 Å². The van der Waals surface area contributed by atoms with Crippen LogP contribution in [0.25, 0.3) is 0 Å². The lowest BCUT2D eigenvalue weighted by atomic mass is 9.93. The molecule has 1 aliphatic carbocycles. The Kier molecular flexibility index (Phi) is 5.68. The minimum atomic E-state index is -3.67. The quantitative estimate of drug-likeness (QED) is 0.814. The lowest BCUT2D eigenvalue weighted by molar-refractivity contribution is 0.0124. The van der Waals surface area contributed by atoms with E-state index < -0.39 is 28.1 Å². The highest BCUT2D eigenvalue weighted by Crippen LogP contribution is 2.24. The molecule has 0 spiro atoms. The van der Waals surface area contributed by atoms with Crippen molar-refractivity contribution < 1.29 is 17.9 Å². The number of nitrogens with one attached hydrogen (secondary N) is 1. The van der Waals surface area contributed by atoms with Crippen molar-refractivity contribution >= 4 is 16.0 Å². The standard InChI is InChI=1S/C19H22N2O4S/c1-14-9-11-15(12-10-14)26(23,24)21-16-6-2-3-8-18(16)25-19(22)17-7-4-5-13-20-17/h4-5,7,9-13,16,18,21H,2-3,6,8H2,1H3/t16-,18-/m1/s1. The van der Waals surface area contributed by atoms with Crippen LogP contribution in [-0.2, 0) is 14.8 Å². The molecule has 0 amide bonds. The van der Waals surface area contributed by atoms with Gasteiger partial charge >= 0.3 is 5.97 Å². The van der Waals surface area contributed by atoms with Crippen LogP contribution in [0.4, 0.5) is 0 Å². The number of ether oxygens (including phenoxy) is 1. The Hall–Kier alpha value is -2.25. The topological polar surface area (TPSA) is 85.4 Å². The van der Waals surface area contributed by atoms with E-state index in [9.17, 15) is 13.2 Å². The second-order valence-electron chi connectivity index (χ2n) is 6.48. The molecule has 138 valence electrons. The summed E-state index contributed by atoms with van der Waals surface area (Å²) in [6.07, 6.45) is 4.06. The van der Waals surface area contributed by atoms with Gasteiger partial charge in [-0.1, -0.05) is 30.2 Å². The smallest absolute Gasteiger partial charge is 0.357 e. The Labute approximate surface area is 153 Å². The molecule has 26 heavy (non-hydrogen) atoms. The summed E-state index contributed by atoms with van der Waals surface area (Å²) in [6, 6.07) is 11.2. The number of benzene rings is 1. The fourth-order valence-electron chi connectivity index (χ4n) is 3.04. The molecule has 1 aromatic heterocycles. The molecule has 6 nitrogen and oxygen atoms in total. The number of carbonyl (C=O) groups is 1. The van der Waals surface area contributed by atoms with E-state index in [1.807, 2.05) is 6.92 Å². The van der Waals surface area contributed by atoms with Gasteiger partial charge in [-0.25, -0.2) is 22.9 Å². The predicted octanol–water partition coefficient (Wildman–Crippen LogP) is 2.84. The maximum Gasteiger partial charge on any atom is 0.357 e. The summed E-state index contributed by atoms with van der Waals surface area (Å²) in [5.74, 6) is -0.531. The van der Waals surface area contributed by atoms with Gasteiger partial charge in [-0.15, -0.1) is 0 Å². The van der Waals surface area contributed by atoms with Crippen LogP contribution in [0.15, 0.2) is 53.6 Å². The first-order valence-electron chi connectivity index (χ1n) is 8.67. The third-order valence-corrected chi connectivity index (χ3v) is 5.98. The van der Waals surface area contributed by atoms with Gasteiger partial charge in [0.25, 0.3) is 0 Å². The van der Waals surface area contributed by atoms with Crippen molar-refractivity contribution in [1.82, 2.24) is 9.71 Å². The van der Waals surface area contributed by atoms with Gasteiger partial charge in [0.2, 0.25) is 10.0 Å². The highest BCUT2D eigenvalue weighted by molar-refractivity contribution is 7.89. The van der Waals surface area contributed by atoms with Crippen LogP contribution in [0.1, 0.15) is 41.7 Å². The molecule has 1 aromatic carbocycles. The van der Waals surface area contributed by atoms with E-state index in [4.69, 9.17) is 4.74 Å². The monoisotopic (exact) mass is 374 g/mol. The van der Waals surface area contributed by atoms with Gasteiger partial charge in [-0.2, -0.15) is 0 Å². The summed E-state index contributed by atoms with van der Waals surface area (Å²) >= 11 is 0. The fourth-order valence-corrected chi connectivity index (χ4v) is 4.34. The van der Waals surface area contributed by atoms with Crippen LogP contribution in [0.5, 0.6) is 0 Å². The van der Waals surface area contributed by atoms with Gasteiger partial charge < -0.3 is 4.74 Å². The summed E-state index contributed by atoms with van der Waals surface area (Å²) in [6.45, 7) is 1.90. The van der Waals surface area contributed by atoms with E-state index >= 15 is 0 Å². The number of nitrogens with zero attached hydrogens (tertiary/aromatic N) is 1. The molecule has 0 saturated heterocycles. The molecule has 7 heteroatoms. The van der Waals surface area contributed by atoms with Crippen molar-refractivity contribution in [3.8, 4) is 0 Å². The molecule has 1 fully saturated rings. The lowest BCUT2D eigenvalue weighted by Gasteiger charge is -2.31. The third-order valence-electron chi connectivity index (χ3n) is 4.47. The highest BCUT2D eigenvalue weighted by Gasteiger charge is 2.32. The van der Waals surface area contributed by atoms with Crippen molar-refractivity contribution in [2.24, 2.45) is 0 Å². The van der Waals surface area contributed by atoms with E-state index in [-0.39, 0.29) is 10.6 Å². The molecule has 0 unspecified atom stereocenters. The average Bonchev–Trinajstić information content (AvgIpc) is 2.64. The van der Waals surface area contributed by atoms with Gasteiger partial charge in [-0.3, -0.25) is 0 Å². The van der Waals surface area contributed by atoms with Crippen LogP contribution in [0.2, 0.25) is 0 Å². The van der Waals surface area contributed by atoms with Crippen molar-refractivity contribution in [2.45, 2.75) is 49.6 Å². The number of pyridine rings is 1. The van der Waals surface area contributed by atoms with E-state index in [1.165, 1.54) is 6.20 Å².